The molecule has 0 aliphatic rings. The van der Waals surface area contributed by atoms with Crippen molar-refractivity contribution in [2.75, 3.05) is 0 Å². The zero-order valence-electron chi connectivity index (χ0n) is 47.6. The van der Waals surface area contributed by atoms with Crippen LogP contribution in [0.4, 0.5) is 0 Å². The third kappa shape index (κ3) is 8.16. The van der Waals surface area contributed by atoms with E-state index in [2.05, 4.69) is 51.7 Å². The zero-order chi connectivity index (χ0) is 52.8. The Labute approximate surface area is 378 Å². The maximum atomic E-state index is 12.4. The average Bonchev–Trinajstić information content (AvgIpc) is 3.70. The summed E-state index contributed by atoms with van der Waals surface area (Å²) in [5, 5.41) is 12.4. The van der Waals surface area contributed by atoms with Gasteiger partial charge in [0.15, 0.2) is 0 Å². The molecule has 0 unspecified atom stereocenters. The van der Waals surface area contributed by atoms with E-state index in [-0.39, 0.29) is 51.4 Å². The lowest BCUT2D eigenvalue weighted by Gasteiger charge is -2.22. The van der Waals surface area contributed by atoms with E-state index in [1.54, 1.807) is 18.2 Å². The second-order valence-corrected chi connectivity index (χ2v) is 18.6. The van der Waals surface area contributed by atoms with Crippen LogP contribution in [-0.2, 0) is 10.8 Å². The molecule has 0 aliphatic carbocycles. The summed E-state index contributed by atoms with van der Waals surface area (Å²) in [6.45, 7) is 18.4. The first kappa shape index (κ1) is 29.9. The Morgan fingerprint density at radius 2 is 1.36 bits per heavy atom. The maximum Gasteiger partial charge on any atom is 0.149 e. The van der Waals surface area contributed by atoms with Gasteiger partial charge in [-0.1, -0.05) is 160 Å². The van der Waals surface area contributed by atoms with Crippen LogP contribution in [0.25, 0.3) is 72.7 Å². The number of pyridine rings is 1. The molecule has 0 radical (unpaired) electrons. The van der Waals surface area contributed by atoms with Crippen molar-refractivity contribution in [3.05, 3.63) is 167 Å². The topological polar surface area (TPSA) is 50.9 Å². The highest BCUT2D eigenvalue weighted by Crippen LogP contribution is 2.44. The van der Waals surface area contributed by atoms with Gasteiger partial charge in [0.05, 0.1) is 38.9 Å². The fourth-order valence-electron chi connectivity index (χ4n) is 7.80. The summed E-state index contributed by atoms with van der Waals surface area (Å²) in [6.07, 6.45) is -0.534. The number of benzene rings is 6. The van der Waals surface area contributed by atoms with Gasteiger partial charge in [-0.2, -0.15) is 0 Å². The smallest absolute Gasteiger partial charge is 0.149 e. The number of aryl methyl sites for hydroxylation is 1. The summed E-state index contributed by atoms with van der Waals surface area (Å²) in [5.74, 6) is 0.542. The number of fused-ring (bicyclic) bond motifs is 1. The van der Waals surface area contributed by atoms with Crippen molar-refractivity contribution < 1.29 is 20.2 Å². The number of hydrogen-bond acceptors (Lipinski definition) is 3. The number of phenols is 1. The molecule has 8 rings (SSSR count). The summed E-state index contributed by atoms with van der Waals surface area (Å²) >= 11 is 0. The third-order valence-corrected chi connectivity index (χ3v) is 11.4. The molecule has 0 saturated heterocycles. The van der Waals surface area contributed by atoms with Gasteiger partial charge < -0.3 is 5.11 Å². The van der Waals surface area contributed by atoms with Crippen LogP contribution in [-0.4, -0.2) is 19.6 Å². The number of rotatable bonds is 8. The van der Waals surface area contributed by atoms with Gasteiger partial charge in [0, 0.05) is 27.0 Å². The number of para-hydroxylation sites is 1. The van der Waals surface area contributed by atoms with E-state index in [0.717, 1.165) is 27.8 Å². The van der Waals surface area contributed by atoms with Gasteiger partial charge in [-0.3, -0.25) is 9.55 Å². The van der Waals surface area contributed by atoms with Crippen LogP contribution in [0.3, 0.4) is 0 Å². The lowest BCUT2D eigenvalue weighted by Crippen LogP contribution is -2.11. The zero-order valence-corrected chi connectivity index (χ0v) is 36.6. The minimum Gasteiger partial charge on any atom is -0.507 e. The van der Waals surface area contributed by atoms with Crippen LogP contribution in [0.2, 0.25) is 0 Å². The van der Waals surface area contributed by atoms with Crippen molar-refractivity contribution in [1.29, 1.82) is 0 Å². The average molecular weight is 813 g/mol. The highest BCUT2D eigenvalue weighted by molar-refractivity contribution is 5.98. The third-order valence-electron chi connectivity index (χ3n) is 11.4. The molecule has 2 heterocycles. The number of imidazole rings is 1. The molecule has 4 heteroatoms. The molecule has 0 amide bonds. The van der Waals surface area contributed by atoms with E-state index < -0.39 is 54.7 Å². The molecule has 2 aromatic heterocycles. The van der Waals surface area contributed by atoms with Crippen LogP contribution in [0.5, 0.6) is 5.75 Å². The fraction of sp³-hybridized carbons (Fsp3) is 0.263. The number of aromatic nitrogens is 3. The monoisotopic (exact) mass is 813 g/mol. The Kier molecular flexibility index (Phi) is 7.82. The van der Waals surface area contributed by atoms with E-state index >= 15 is 0 Å². The largest absolute Gasteiger partial charge is 0.507 e. The van der Waals surface area contributed by atoms with Crippen LogP contribution in [0, 0.1) is 6.85 Å². The van der Waals surface area contributed by atoms with Crippen LogP contribution < -0.4 is 0 Å². The first-order valence-electron chi connectivity index (χ1n) is 26.4. The Bertz CT molecular complexity index is 3440. The minimum atomic E-state index is -2.41. The normalized spacial score (nSPS) is 15.0. The van der Waals surface area contributed by atoms with Crippen molar-refractivity contribution in [2.45, 2.75) is 98.8 Å². The van der Waals surface area contributed by atoms with Crippen LogP contribution >= 0.6 is 0 Å². The van der Waals surface area contributed by atoms with E-state index in [1.807, 2.05) is 99.8 Å². The molecule has 1 N–H and O–H groups in total. The molecular formula is C57H59N3O. The molecule has 0 fully saturated rings. The van der Waals surface area contributed by atoms with Gasteiger partial charge >= 0.3 is 0 Å². The van der Waals surface area contributed by atoms with Crippen molar-refractivity contribution in [3.63, 3.8) is 0 Å². The number of nitrogens with zero attached hydrogens (tertiary/aromatic N) is 3. The van der Waals surface area contributed by atoms with Crippen molar-refractivity contribution in [2.24, 2.45) is 0 Å². The van der Waals surface area contributed by atoms with E-state index in [4.69, 9.17) is 18.7 Å². The predicted molar refractivity (Wildman–Crippen MR) is 258 cm³/mol. The Morgan fingerprint density at radius 3 is 2.03 bits per heavy atom. The molecule has 61 heavy (non-hydrogen) atoms. The van der Waals surface area contributed by atoms with Crippen molar-refractivity contribution >= 4 is 11.0 Å². The Balaban J connectivity index is 1.48. The van der Waals surface area contributed by atoms with Crippen LogP contribution in [0.15, 0.2) is 139 Å². The molecule has 0 bridgehead atoms. The summed E-state index contributed by atoms with van der Waals surface area (Å²) in [4.78, 5) is 9.93. The molecule has 308 valence electrons. The molecule has 0 saturated carbocycles. The van der Waals surface area contributed by atoms with E-state index in [0.29, 0.717) is 50.4 Å². The molecule has 6 aromatic carbocycles. The highest BCUT2D eigenvalue weighted by Gasteiger charge is 2.26. The van der Waals surface area contributed by atoms with Crippen LogP contribution in [0.1, 0.15) is 124 Å². The SMILES string of the molecule is [2H]c1nc(-c2cc(-c3cccc4c3nc(-c3cc(C(C)C)cc(C(C)C)c3O)n4-c3ccc(C([2H])([2H])[2H])cc3-c3ccc(C(C)(C)C)cc3)cc(C(C)(C)C)c2)c([2H])c(-c2c([2H])c([2H])c([2H])c([2H])c2[2H])c1[2H]. The molecule has 4 nitrogen and oxygen atoms in total. The molecular weight excluding hydrogens is 743 g/mol. The summed E-state index contributed by atoms with van der Waals surface area (Å²) in [7, 11) is 0. The fourth-order valence-corrected chi connectivity index (χ4v) is 7.80. The van der Waals surface area contributed by atoms with Gasteiger partial charge in [0.25, 0.3) is 0 Å². The Hall–Kier alpha value is -6.26. The maximum absolute atomic E-state index is 12.4. The highest BCUT2D eigenvalue weighted by atomic mass is 16.3. The first-order valence-corrected chi connectivity index (χ1v) is 20.9. The predicted octanol–water partition coefficient (Wildman–Crippen LogP) is 15.6. The quantitative estimate of drug-likeness (QED) is 0.166. The Morgan fingerprint density at radius 1 is 0.639 bits per heavy atom. The molecule has 0 spiro atoms. The number of hydrogen-bond donors (Lipinski definition) is 1. The minimum absolute atomic E-state index is 0.0170. The second kappa shape index (κ2) is 16.0. The van der Waals surface area contributed by atoms with Gasteiger partial charge in [-0.05, 0) is 123 Å². The van der Waals surface area contributed by atoms with E-state index in [9.17, 15) is 6.48 Å². The van der Waals surface area contributed by atoms with Gasteiger partial charge in [0.2, 0.25) is 0 Å². The van der Waals surface area contributed by atoms with Gasteiger partial charge in [-0.25, -0.2) is 4.98 Å². The molecule has 0 aliphatic heterocycles. The molecule has 8 aromatic rings. The van der Waals surface area contributed by atoms with Gasteiger partial charge in [0.1, 0.15) is 11.6 Å². The summed E-state index contributed by atoms with van der Waals surface area (Å²) in [5.41, 5.74) is 8.01. The summed E-state index contributed by atoms with van der Waals surface area (Å²) < 4.78 is 97.0. The standard InChI is InChI=1S/C57H59N3O/c1-35(2)41-32-47(36(3)4)54(61)49(33-41)55-59-53-46(42-29-43(31-45(30-42)57(9,10)11)50-34-40(26-27-58-50)38-16-13-12-14-17-38)18-15-19-52(53)60(55)51-25-20-37(5)28-48(51)39-21-23-44(24-22-39)56(6,7)8/h12-36,61H,1-11H3/i5D3,12D,13D,14D,16D,17D,26D,27D,34D. The van der Waals surface area contributed by atoms with Crippen molar-refractivity contribution in [3.8, 4) is 67.5 Å². The first-order chi connectivity index (χ1) is 33.5. The van der Waals surface area contributed by atoms with Gasteiger partial charge in [-0.15, -0.1) is 0 Å². The van der Waals surface area contributed by atoms with E-state index in [1.165, 1.54) is 0 Å². The lowest BCUT2D eigenvalue weighted by atomic mass is 9.83. The molecule has 0 atom stereocenters. The lowest BCUT2D eigenvalue weighted by molar-refractivity contribution is 0.466. The second-order valence-electron chi connectivity index (χ2n) is 18.6. The summed E-state index contributed by atoms with van der Waals surface area (Å²) in [6, 6.07) is 24.8. The van der Waals surface area contributed by atoms with Crippen molar-refractivity contribution in [1.82, 2.24) is 14.5 Å². The number of phenolic OH excluding ortho intramolecular Hbond substituents is 1. The number of aromatic hydroxyl groups is 1.